The van der Waals surface area contributed by atoms with Gasteiger partial charge in [0.15, 0.2) is 0 Å². The van der Waals surface area contributed by atoms with Crippen LogP contribution in [-0.4, -0.2) is 47.5 Å². The Labute approximate surface area is 227 Å². The van der Waals surface area contributed by atoms with E-state index in [1.807, 2.05) is 0 Å². The first-order chi connectivity index (χ1) is 19.2. The molecule has 4 aromatic carbocycles. The van der Waals surface area contributed by atoms with Gasteiger partial charge in [-0.05, 0) is 24.3 Å². The Hall–Kier alpha value is -9.08. The summed E-state index contributed by atoms with van der Waals surface area (Å²) in [7, 11) is 0. The first-order valence-electron chi connectivity index (χ1n) is 11.5. The molecule has 0 fully saturated rings. The molecule has 4 amide bonds. The van der Waals surface area contributed by atoms with Gasteiger partial charge in [-0.2, -0.15) is 0 Å². The van der Waals surface area contributed by atoms with Gasteiger partial charge in [0.25, 0.3) is 0 Å². The van der Waals surface area contributed by atoms with Crippen LogP contribution in [0.2, 0.25) is 0 Å². The Bertz CT molecular complexity index is 1650. The third-order valence-electron chi connectivity index (χ3n) is 6.90. The van der Waals surface area contributed by atoms with Crippen LogP contribution in [0.1, 0.15) is 82.9 Å². The summed E-state index contributed by atoms with van der Waals surface area (Å²) in [6.07, 6.45) is 0. The second-order valence-corrected chi connectivity index (χ2v) is 8.94. The summed E-state index contributed by atoms with van der Waals surface area (Å²) in [4.78, 5) is 94.1. The fourth-order valence-electron chi connectivity index (χ4n) is 5.20. The fourth-order valence-corrected chi connectivity index (χ4v) is 5.20. The molecule has 44 heavy (non-hydrogen) atoms. The van der Waals surface area contributed by atoms with E-state index in [1.54, 1.807) is 0 Å². The SMILES string of the molecule is O=C1OC(=O)c2ccc3c4c(ccc1c24)C(=O)OC3=O.O=C1[N-]C(=O)c2ccc3c4c(ccc1c24)C(=O)[N-]C3=O.[NH2-].[Rf].[Rf].[Rf]. The minimum atomic E-state index is -0.794. The van der Waals surface area contributed by atoms with Crippen LogP contribution in [0.4, 0.5) is 0 Å². The average Bonchev–Trinajstić information content (AvgIpc) is 2.92. The number of esters is 4. The predicted octanol–water partition coefficient (Wildman–Crippen LogP) is 4.35. The summed E-state index contributed by atoms with van der Waals surface area (Å²) >= 11 is 0. The van der Waals surface area contributed by atoms with Crippen LogP contribution in [0.3, 0.4) is 0 Å². The number of imide groups is 2. The van der Waals surface area contributed by atoms with Crippen molar-refractivity contribution in [1.29, 1.82) is 0 Å². The van der Waals surface area contributed by atoms with Crippen molar-refractivity contribution in [2.45, 2.75) is 0 Å². The van der Waals surface area contributed by atoms with Crippen LogP contribution in [0.25, 0.3) is 38.3 Å². The van der Waals surface area contributed by atoms with E-state index in [2.05, 4.69) is 20.1 Å². The van der Waals surface area contributed by atoms with Gasteiger partial charge in [-0.1, -0.05) is 24.3 Å². The van der Waals surface area contributed by atoms with E-state index < -0.39 is 47.5 Å². The van der Waals surface area contributed by atoms with Crippen LogP contribution in [-0.2, 0) is 9.47 Å². The topological polar surface area (TPSA) is 217 Å². The molecule has 0 bridgehead atoms. The second kappa shape index (κ2) is 9.29. The second-order valence-electron chi connectivity index (χ2n) is 8.94. The minimum absolute atomic E-state index is 0. The first-order valence-corrected chi connectivity index (χ1v) is 11.5. The largest absolute Gasteiger partial charge is 0.693 e. The van der Waals surface area contributed by atoms with Crippen LogP contribution in [0.5, 0.6) is 0 Å². The Kier molecular flexibility index (Phi) is 6.22. The minimum Gasteiger partial charge on any atom is -0.693 e. The van der Waals surface area contributed by atoms with E-state index in [4.69, 9.17) is 0 Å². The Balaban J connectivity index is 0.000000220. The molecule has 4 aliphatic rings. The number of amides is 4. The molecule has 0 saturated heterocycles. The molecular weight excluding hydrogens is 1340 g/mol. The van der Waals surface area contributed by atoms with Gasteiger partial charge in [0.05, 0.1) is 45.9 Å². The third kappa shape index (κ3) is 3.43. The number of nitrogens with two attached hydrogens (primary N) is 1. The van der Waals surface area contributed by atoms with Crippen LogP contribution in [0, 0.1) is 0 Å². The van der Waals surface area contributed by atoms with Gasteiger partial charge in [-0.15, -0.1) is 0 Å². The summed E-state index contributed by atoms with van der Waals surface area (Å²) in [6.45, 7) is 0. The molecule has 0 unspecified atom stereocenters. The van der Waals surface area contributed by atoms with Gasteiger partial charge in [-0.3, -0.25) is 0 Å². The van der Waals surface area contributed by atoms with Crippen molar-refractivity contribution in [3.63, 3.8) is 0 Å². The number of ether oxygens (including phenoxy) is 2. The van der Waals surface area contributed by atoms with Crippen molar-refractivity contribution in [2.75, 3.05) is 0 Å². The summed E-state index contributed by atoms with van der Waals surface area (Å²) in [5.74, 6) is -5.81. The van der Waals surface area contributed by atoms with Crippen molar-refractivity contribution in [2.24, 2.45) is 0 Å². The normalized spacial score (nSPS) is 14.7. The monoisotopic (exact) mass is 1350 g/mol. The summed E-state index contributed by atoms with van der Waals surface area (Å²) < 4.78 is 9.22. The number of cyclic esters (lactones) is 4. The molecule has 0 radical (unpaired) electrons. The molecule has 4 aromatic rings. The van der Waals surface area contributed by atoms with E-state index >= 15 is 0 Å². The first kappa shape index (κ1) is 29.5. The molecule has 0 aliphatic carbocycles. The maximum atomic E-state index is 11.8. The molecule has 8 rings (SSSR count). The van der Waals surface area contributed by atoms with Gasteiger partial charge in [-0.25, -0.2) is 19.2 Å². The molecule has 13 nitrogen and oxygen atoms in total. The predicted molar refractivity (Wildman–Crippen MR) is 137 cm³/mol. The Morgan fingerprint density at radius 3 is 0.750 bits per heavy atom. The number of nitrogens with zero attached hydrogens (tertiary/aromatic N) is 2. The number of hydrogen-bond donors (Lipinski definition) is 0. The maximum absolute atomic E-state index is 11.8. The molecule has 206 valence electrons. The molecular formula is C28H10N3O10Rf3-3. The third-order valence-corrected chi connectivity index (χ3v) is 6.90. The van der Waals surface area contributed by atoms with Gasteiger partial charge in [0.1, 0.15) is 0 Å². The summed E-state index contributed by atoms with van der Waals surface area (Å²) in [6, 6.07) is 11.3. The zero-order chi connectivity index (χ0) is 28.0. The molecule has 16 heteroatoms. The van der Waals surface area contributed by atoms with E-state index in [9.17, 15) is 38.4 Å². The van der Waals surface area contributed by atoms with Crippen LogP contribution < -0.4 is 0 Å². The van der Waals surface area contributed by atoms with Crippen LogP contribution >= 0.6 is 0 Å². The number of carbonyl (C=O) groups excluding carboxylic acids is 8. The molecule has 0 atom stereocenters. The van der Waals surface area contributed by atoms with Crippen molar-refractivity contribution in [3.05, 3.63) is 110 Å². The van der Waals surface area contributed by atoms with Crippen molar-refractivity contribution >= 4 is 69.1 Å². The van der Waals surface area contributed by atoms with Gasteiger partial charge in [0, 0.05) is 43.8 Å². The molecule has 2 N–H and O–H groups in total. The fraction of sp³-hybridized carbons (Fsp3) is 0. The van der Waals surface area contributed by atoms with Crippen molar-refractivity contribution in [3.8, 4) is 0 Å². The molecule has 4 heterocycles. The van der Waals surface area contributed by atoms with E-state index in [0.29, 0.717) is 10.8 Å². The molecule has 0 saturated carbocycles. The van der Waals surface area contributed by atoms with E-state index in [0.717, 1.165) is 0 Å². The van der Waals surface area contributed by atoms with Gasteiger partial charge >= 0.3 is 23.9 Å². The maximum Gasteiger partial charge on any atom is 0.346 e. The summed E-state index contributed by atoms with van der Waals surface area (Å²) in [5.41, 5.74) is 1.52. The van der Waals surface area contributed by atoms with Crippen molar-refractivity contribution < 1.29 is 47.8 Å². The number of carbonyl (C=O) groups is 8. The average molecular weight is 1350 g/mol. The van der Waals surface area contributed by atoms with Crippen LogP contribution in [0.15, 0.2) is 48.5 Å². The van der Waals surface area contributed by atoms with Crippen molar-refractivity contribution in [1.82, 2.24) is 0 Å². The van der Waals surface area contributed by atoms with Gasteiger partial charge in [0.2, 0.25) is 0 Å². The number of benzene rings is 4. The smallest absolute Gasteiger partial charge is 0.346 e. The zero-order valence-corrected chi connectivity index (χ0v) is 41.5. The number of rotatable bonds is 0. The molecule has 0 aromatic heterocycles. The van der Waals surface area contributed by atoms with E-state index in [1.165, 1.54) is 48.5 Å². The Morgan fingerprint density at radius 1 is 0.341 bits per heavy atom. The molecule has 4 aliphatic heterocycles. The van der Waals surface area contributed by atoms with Gasteiger partial charge < -0.3 is 45.4 Å². The standard InChI is InChI=1S/C14H6N2O4.C14H4O6.H2N.3Rf/c17-11-5-1-2-6-10-8(14(20)16-12(6)18)4-3-7(9(5)10)13(19)15-11;15-11-5-1-2-6-10-8(14(18)20-12(6)16)4-3-7(9(5)10)13(17)19-11;;;;/h1-4H,(H2,15,16,17,18,19,20);1-4H;1H2;;;/q;;-1;;;/p-2. The Morgan fingerprint density at radius 2 is 0.523 bits per heavy atom. The number of hydrogen-bond acceptors (Lipinski definition) is 10. The van der Waals surface area contributed by atoms with E-state index in [-0.39, 0.29) is 61.4 Å². The zero-order valence-electron chi connectivity index (χ0n) is 22.3. The quantitative estimate of drug-likeness (QED) is 0.138. The summed E-state index contributed by atoms with van der Waals surface area (Å²) in [5, 5.41) is 8.02. The molecule has 0 spiro atoms.